The Labute approximate surface area is 97.8 Å². The van der Waals surface area contributed by atoms with E-state index in [1.807, 2.05) is 0 Å². The van der Waals surface area contributed by atoms with Crippen molar-refractivity contribution in [3.63, 3.8) is 0 Å². The minimum Gasteiger partial charge on any atom is -0.0625 e. The van der Waals surface area contributed by atoms with Crippen molar-refractivity contribution >= 4 is 0 Å². The van der Waals surface area contributed by atoms with Crippen LogP contribution in [0.3, 0.4) is 0 Å². The topological polar surface area (TPSA) is 0 Å². The molecule has 0 N–H and O–H groups in total. The van der Waals surface area contributed by atoms with Gasteiger partial charge in [-0.05, 0) is 35.0 Å². The van der Waals surface area contributed by atoms with Gasteiger partial charge in [0.25, 0.3) is 0 Å². The molecular formula is C15H32. The van der Waals surface area contributed by atoms with Gasteiger partial charge in [0.15, 0.2) is 0 Å². The van der Waals surface area contributed by atoms with Crippen LogP contribution >= 0.6 is 0 Å². The lowest BCUT2D eigenvalue weighted by atomic mass is 9.61. The first kappa shape index (κ1) is 15.0. The number of hydrogen-bond donors (Lipinski definition) is 0. The van der Waals surface area contributed by atoms with Crippen LogP contribution in [-0.4, -0.2) is 0 Å². The average molecular weight is 212 g/mol. The third-order valence-corrected chi connectivity index (χ3v) is 3.67. The van der Waals surface area contributed by atoms with Crippen LogP contribution in [0.4, 0.5) is 0 Å². The normalized spacial score (nSPS) is 15.8. The van der Waals surface area contributed by atoms with Crippen molar-refractivity contribution in [2.45, 2.75) is 62.3 Å². The fraction of sp³-hybridized carbons (Fsp3) is 1.00. The maximum atomic E-state index is 2.40. The van der Waals surface area contributed by atoms with Gasteiger partial charge in [-0.1, -0.05) is 62.3 Å². The summed E-state index contributed by atoms with van der Waals surface area (Å²) in [5.74, 6) is 4.01. The molecule has 0 aromatic heterocycles. The minimum absolute atomic E-state index is 0.424. The molecule has 92 valence electrons. The molecule has 0 aromatic rings. The Bertz CT molecular complexity index is 161. The van der Waals surface area contributed by atoms with Crippen molar-refractivity contribution in [2.24, 2.45) is 35.0 Å². The van der Waals surface area contributed by atoms with Gasteiger partial charge in [-0.25, -0.2) is 0 Å². The maximum absolute atomic E-state index is 2.40. The molecule has 0 saturated carbocycles. The summed E-state index contributed by atoms with van der Waals surface area (Å²) in [6, 6.07) is 0. The van der Waals surface area contributed by atoms with E-state index in [9.17, 15) is 0 Å². The molecule has 0 spiro atoms. The average Bonchev–Trinajstić information content (AvgIpc) is 1.94. The van der Waals surface area contributed by atoms with Gasteiger partial charge in [0.2, 0.25) is 0 Å². The van der Waals surface area contributed by atoms with Crippen LogP contribution in [0.5, 0.6) is 0 Å². The highest BCUT2D eigenvalue weighted by atomic mass is 14.4. The fourth-order valence-corrected chi connectivity index (χ4v) is 3.62. The zero-order valence-corrected chi connectivity index (χ0v) is 12.4. The van der Waals surface area contributed by atoms with E-state index < -0.39 is 0 Å². The highest BCUT2D eigenvalue weighted by Gasteiger charge is 2.37. The minimum atomic E-state index is 0.424. The maximum Gasteiger partial charge on any atom is -0.0309 e. The summed E-state index contributed by atoms with van der Waals surface area (Å²) >= 11 is 0. The van der Waals surface area contributed by atoms with Crippen molar-refractivity contribution < 1.29 is 0 Å². The molecule has 15 heavy (non-hydrogen) atoms. The summed E-state index contributed by atoms with van der Waals surface area (Å²) in [7, 11) is 0. The highest BCUT2D eigenvalue weighted by Crippen LogP contribution is 2.43. The van der Waals surface area contributed by atoms with Crippen molar-refractivity contribution in [1.82, 2.24) is 0 Å². The second kappa shape index (κ2) is 5.37. The first-order chi connectivity index (χ1) is 6.59. The molecule has 0 saturated heterocycles. The van der Waals surface area contributed by atoms with Crippen molar-refractivity contribution in [3.05, 3.63) is 0 Å². The summed E-state index contributed by atoms with van der Waals surface area (Å²) in [4.78, 5) is 0. The van der Waals surface area contributed by atoms with Crippen LogP contribution in [0.2, 0.25) is 0 Å². The molecule has 0 heteroatoms. The van der Waals surface area contributed by atoms with Gasteiger partial charge in [0.05, 0.1) is 0 Å². The van der Waals surface area contributed by atoms with Crippen molar-refractivity contribution in [1.29, 1.82) is 0 Å². The summed E-state index contributed by atoms with van der Waals surface area (Å²) < 4.78 is 0. The molecule has 0 aliphatic heterocycles. The monoisotopic (exact) mass is 212 g/mol. The molecule has 0 aromatic carbocycles. The summed E-state index contributed by atoms with van der Waals surface area (Å²) in [5.41, 5.74) is 0.424. The lowest BCUT2D eigenvalue weighted by Gasteiger charge is -2.44. The molecule has 0 radical (unpaired) electrons. The Morgan fingerprint density at radius 1 is 0.600 bits per heavy atom. The molecule has 0 heterocycles. The Morgan fingerprint density at radius 3 is 1.00 bits per heavy atom. The first-order valence-corrected chi connectivity index (χ1v) is 6.59. The summed E-state index contributed by atoms with van der Waals surface area (Å²) in [6.07, 6.45) is 0. The van der Waals surface area contributed by atoms with Gasteiger partial charge in [0.1, 0.15) is 0 Å². The van der Waals surface area contributed by atoms with Crippen LogP contribution in [-0.2, 0) is 0 Å². The van der Waals surface area contributed by atoms with E-state index >= 15 is 0 Å². The highest BCUT2D eigenvalue weighted by molar-refractivity contribution is 4.85. The molecule has 0 bridgehead atoms. The van der Waals surface area contributed by atoms with Crippen LogP contribution in [0.1, 0.15) is 62.3 Å². The van der Waals surface area contributed by atoms with E-state index in [1.165, 1.54) is 0 Å². The molecule has 1 unspecified atom stereocenters. The molecule has 0 aliphatic carbocycles. The molecule has 0 nitrogen and oxygen atoms in total. The van der Waals surface area contributed by atoms with Crippen LogP contribution in [0.15, 0.2) is 0 Å². The Hall–Kier alpha value is 0. The third-order valence-electron chi connectivity index (χ3n) is 3.67. The van der Waals surface area contributed by atoms with E-state index in [2.05, 4.69) is 62.3 Å². The third kappa shape index (κ3) is 4.17. The van der Waals surface area contributed by atoms with Crippen LogP contribution < -0.4 is 0 Å². The summed E-state index contributed by atoms with van der Waals surface area (Å²) in [5, 5.41) is 0. The second-order valence-corrected chi connectivity index (χ2v) is 7.20. The predicted octanol–water partition coefficient (Wildman–Crippen LogP) is 5.23. The largest absolute Gasteiger partial charge is 0.0625 e. The van der Waals surface area contributed by atoms with E-state index in [0.717, 1.165) is 29.6 Å². The van der Waals surface area contributed by atoms with E-state index in [1.54, 1.807) is 0 Å². The zero-order valence-electron chi connectivity index (χ0n) is 12.4. The van der Waals surface area contributed by atoms with E-state index in [4.69, 9.17) is 0 Å². The first-order valence-electron chi connectivity index (χ1n) is 6.59. The molecule has 1 atom stereocenters. The van der Waals surface area contributed by atoms with Gasteiger partial charge in [-0.15, -0.1) is 0 Å². The predicted molar refractivity (Wildman–Crippen MR) is 70.9 cm³/mol. The Kier molecular flexibility index (Phi) is 5.37. The van der Waals surface area contributed by atoms with Crippen LogP contribution in [0.25, 0.3) is 0 Å². The number of rotatable bonds is 4. The fourth-order valence-electron chi connectivity index (χ4n) is 3.62. The SMILES string of the molecule is CC(C)C(C(C)C)C(C(C)C)C(C)(C)C. The second-order valence-electron chi connectivity index (χ2n) is 7.20. The Balaban J connectivity index is 5.03. The molecule has 0 rings (SSSR count). The van der Waals surface area contributed by atoms with E-state index in [-0.39, 0.29) is 0 Å². The lowest BCUT2D eigenvalue weighted by Crippen LogP contribution is -2.37. The van der Waals surface area contributed by atoms with Crippen LogP contribution in [0, 0.1) is 35.0 Å². The molecular weight excluding hydrogens is 180 g/mol. The van der Waals surface area contributed by atoms with Gasteiger partial charge in [0, 0.05) is 0 Å². The number of hydrogen-bond acceptors (Lipinski definition) is 0. The van der Waals surface area contributed by atoms with Gasteiger partial charge < -0.3 is 0 Å². The van der Waals surface area contributed by atoms with E-state index in [0.29, 0.717) is 5.41 Å². The van der Waals surface area contributed by atoms with Gasteiger partial charge in [-0.2, -0.15) is 0 Å². The van der Waals surface area contributed by atoms with Gasteiger partial charge >= 0.3 is 0 Å². The molecule has 0 aliphatic rings. The Morgan fingerprint density at radius 2 is 0.933 bits per heavy atom. The van der Waals surface area contributed by atoms with Crippen molar-refractivity contribution in [2.75, 3.05) is 0 Å². The van der Waals surface area contributed by atoms with Gasteiger partial charge in [-0.3, -0.25) is 0 Å². The smallest absolute Gasteiger partial charge is 0.0309 e. The quantitative estimate of drug-likeness (QED) is 0.598. The standard InChI is InChI=1S/C15H32/c1-10(2)13(11(3)4)14(12(5)6)15(7,8)9/h10-14H,1-9H3. The zero-order chi connectivity index (χ0) is 12.4. The summed E-state index contributed by atoms with van der Waals surface area (Å²) in [6.45, 7) is 21.5. The van der Waals surface area contributed by atoms with Crippen molar-refractivity contribution in [3.8, 4) is 0 Å². The molecule has 0 fully saturated rings. The lowest BCUT2D eigenvalue weighted by molar-refractivity contribution is 0.0468. The molecule has 0 amide bonds.